The number of imidazole rings is 1. The predicted octanol–water partition coefficient (Wildman–Crippen LogP) is 5.02. The molecule has 1 aromatic heterocycles. The summed E-state index contributed by atoms with van der Waals surface area (Å²) >= 11 is 0. The summed E-state index contributed by atoms with van der Waals surface area (Å²) in [5.74, 6) is 3.27. The number of amides is 1. The van der Waals surface area contributed by atoms with Gasteiger partial charge in [-0.2, -0.15) is 0 Å². The van der Waals surface area contributed by atoms with E-state index in [-0.39, 0.29) is 11.8 Å². The Bertz CT molecular complexity index is 1440. The minimum atomic E-state index is -0.0141. The van der Waals surface area contributed by atoms with Crippen molar-refractivity contribution in [3.8, 4) is 17.2 Å². The number of aromatic nitrogens is 2. The van der Waals surface area contributed by atoms with E-state index in [2.05, 4.69) is 36.6 Å². The average molecular weight is 484 g/mol. The van der Waals surface area contributed by atoms with Gasteiger partial charge in [-0.15, -0.1) is 0 Å². The zero-order valence-corrected chi connectivity index (χ0v) is 20.6. The molecule has 7 nitrogen and oxygen atoms in total. The van der Waals surface area contributed by atoms with Gasteiger partial charge in [-0.05, 0) is 61.4 Å². The van der Waals surface area contributed by atoms with Crippen LogP contribution >= 0.6 is 0 Å². The third-order valence-electron chi connectivity index (χ3n) is 7.07. The van der Waals surface area contributed by atoms with E-state index in [0.29, 0.717) is 45.1 Å². The third-order valence-corrected chi connectivity index (χ3v) is 7.07. The highest BCUT2D eigenvalue weighted by atomic mass is 16.6. The number of aryl methyl sites for hydroxylation is 2. The number of fused-ring (bicyclic) bond motifs is 2. The first-order valence-electron chi connectivity index (χ1n) is 12.4. The van der Waals surface area contributed by atoms with E-state index in [1.54, 1.807) is 0 Å². The van der Waals surface area contributed by atoms with Crippen molar-refractivity contribution >= 4 is 22.6 Å². The molecule has 7 heteroatoms. The number of hydrogen-bond donors (Lipinski definition) is 0. The molecular weight excluding hydrogens is 454 g/mol. The minimum absolute atomic E-state index is 0.0141. The molecule has 4 aromatic rings. The number of rotatable bonds is 6. The van der Waals surface area contributed by atoms with Crippen LogP contribution in [0.25, 0.3) is 11.0 Å². The molecule has 0 saturated carbocycles. The summed E-state index contributed by atoms with van der Waals surface area (Å²) in [4.78, 5) is 19.9. The van der Waals surface area contributed by atoms with E-state index < -0.39 is 0 Å². The summed E-state index contributed by atoms with van der Waals surface area (Å²) in [5.41, 5.74) is 5.28. The summed E-state index contributed by atoms with van der Waals surface area (Å²) in [7, 11) is 0. The van der Waals surface area contributed by atoms with Crippen molar-refractivity contribution in [2.75, 3.05) is 31.3 Å². The second-order valence-corrected chi connectivity index (χ2v) is 9.44. The molecule has 184 valence electrons. The van der Waals surface area contributed by atoms with Crippen molar-refractivity contribution in [2.45, 2.75) is 32.7 Å². The Balaban J connectivity index is 1.24. The summed E-state index contributed by atoms with van der Waals surface area (Å²) in [6, 6.07) is 20.0. The zero-order valence-electron chi connectivity index (χ0n) is 20.6. The Labute approximate surface area is 210 Å². The molecule has 6 rings (SSSR count). The maximum atomic E-state index is 13.1. The highest BCUT2D eigenvalue weighted by Crippen LogP contribution is 2.38. The maximum Gasteiger partial charge on any atom is 0.227 e. The molecule has 0 radical (unpaired) electrons. The number of hydrogen-bond acceptors (Lipinski definition) is 5. The highest BCUT2D eigenvalue weighted by Gasteiger charge is 2.35. The standard InChI is InChI=1S/C29H29N3O4/c1-19-7-9-23(15-20(19)2)34-12-11-31-25-6-4-3-5-24(25)30-29(31)21-16-28(33)32(18-21)22-8-10-26-27(17-22)36-14-13-35-26/h3-10,15,17,21H,11-14,16,18H2,1-2H3. The highest BCUT2D eigenvalue weighted by molar-refractivity contribution is 5.97. The Morgan fingerprint density at radius 1 is 0.972 bits per heavy atom. The molecular formula is C29H29N3O4. The van der Waals surface area contributed by atoms with Crippen molar-refractivity contribution in [1.29, 1.82) is 0 Å². The average Bonchev–Trinajstić information content (AvgIpc) is 3.46. The molecule has 1 fully saturated rings. The SMILES string of the molecule is Cc1ccc(OCCn2c(C3CC(=O)N(c4ccc5c(c4)OCCO5)C3)nc3ccccc32)cc1C. The Morgan fingerprint density at radius 2 is 1.81 bits per heavy atom. The second kappa shape index (κ2) is 9.22. The lowest BCUT2D eigenvalue weighted by Gasteiger charge is -2.22. The van der Waals surface area contributed by atoms with Crippen LogP contribution in [0.15, 0.2) is 60.7 Å². The topological polar surface area (TPSA) is 65.8 Å². The van der Waals surface area contributed by atoms with Crippen molar-refractivity contribution in [2.24, 2.45) is 0 Å². The van der Waals surface area contributed by atoms with E-state index in [0.717, 1.165) is 34.0 Å². The molecule has 36 heavy (non-hydrogen) atoms. The molecule has 2 aliphatic rings. The summed E-state index contributed by atoms with van der Waals surface area (Å²) in [5, 5.41) is 0. The summed E-state index contributed by atoms with van der Waals surface area (Å²) in [6.07, 6.45) is 0.412. The van der Waals surface area contributed by atoms with Gasteiger partial charge in [0.15, 0.2) is 11.5 Å². The van der Waals surface area contributed by atoms with Crippen molar-refractivity contribution in [3.05, 3.63) is 77.6 Å². The normalized spacial score (nSPS) is 17.1. The molecule has 0 bridgehead atoms. The first kappa shape index (κ1) is 22.5. The van der Waals surface area contributed by atoms with E-state index in [1.165, 1.54) is 11.1 Å². The molecule has 3 aromatic carbocycles. The number of anilines is 1. The fourth-order valence-electron chi connectivity index (χ4n) is 5.03. The lowest BCUT2D eigenvalue weighted by Crippen LogP contribution is -2.25. The van der Waals surface area contributed by atoms with E-state index in [9.17, 15) is 4.79 Å². The Hall–Kier alpha value is -4.00. The van der Waals surface area contributed by atoms with Crippen LogP contribution in [-0.4, -0.2) is 41.8 Å². The van der Waals surface area contributed by atoms with Gasteiger partial charge in [-0.3, -0.25) is 4.79 Å². The fraction of sp³-hybridized carbons (Fsp3) is 0.310. The molecule has 0 aliphatic carbocycles. The predicted molar refractivity (Wildman–Crippen MR) is 138 cm³/mol. The lowest BCUT2D eigenvalue weighted by molar-refractivity contribution is -0.117. The van der Waals surface area contributed by atoms with Gasteiger partial charge in [-0.1, -0.05) is 18.2 Å². The van der Waals surface area contributed by atoms with Gasteiger partial charge in [0.05, 0.1) is 17.6 Å². The van der Waals surface area contributed by atoms with E-state index in [1.807, 2.05) is 47.4 Å². The molecule has 0 spiro atoms. The van der Waals surface area contributed by atoms with Gasteiger partial charge in [0.2, 0.25) is 5.91 Å². The molecule has 1 saturated heterocycles. The maximum absolute atomic E-state index is 13.1. The number of carbonyl (C=O) groups excluding carboxylic acids is 1. The molecule has 0 N–H and O–H groups in total. The van der Waals surface area contributed by atoms with Crippen LogP contribution in [0.3, 0.4) is 0 Å². The van der Waals surface area contributed by atoms with Crippen molar-refractivity contribution in [1.82, 2.24) is 9.55 Å². The lowest BCUT2D eigenvalue weighted by atomic mass is 10.1. The number of nitrogens with zero attached hydrogens (tertiary/aromatic N) is 3. The van der Waals surface area contributed by atoms with Crippen LogP contribution in [0.4, 0.5) is 5.69 Å². The van der Waals surface area contributed by atoms with Gasteiger partial charge in [-0.25, -0.2) is 4.98 Å². The second-order valence-electron chi connectivity index (χ2n) is 9.44. The van der Waals surface area contributed by atoms with E-state index in [4.69, 9.17) is 19.2 Å². The summed E-state index contributed by atoms with van der Waals surface area (Å²) < 4.78 is 19.7. The van der Waals surface area contributed by atoms with Crippen LogP contribution in [0, 0.1) is 13.8 Å². The van der Waals surface area contributed by atoms with Gasteiger partial charge < -0.3 is 23.7 Å². The van der Waals surface area contributed by atoms with Crippen molar-refractivity contribution in [3.63, 3.8) is 0 Å². The number of ether oxygens (including phenoxy) is 3. The number of para-hydroxylation sites is 2. The zero-order chi connectivity index (χ0) is 24.6. The van der Waals surface area contributed by atoms with Crippen LogP contribution in [0.1, 0.15) is 29.3 Å². The molecule has 2 aliphatic heterocycles. The van der Waals surface area contributed by atoms with Gasteiger partial charge >= 0.3 is 0 Å². The quantitative estimate of drug-likeness (QED) is 0.385. The van der Waals surface area contributed by atoms with Crippen LogP contribution in [0.5, 0.6) is 17.2 Å². The monoisotopic (exact) mass is 483 g/mol. The Kier molecular flexibility index (Phi) is 5.76. The van der Waals surface area contributed by atoms with Crippen LogP contribution < -0.4 is 19.1 Å². The Morgan fingerprint density at radius 3 is 2.67 bits per heavy atom. The van der Waals surface area contributed by atoms with Gasteiger partial charge in [0.25, 0.3) is 0 Å². The third kappa shape index (κ3) is 4.15. The van der Waals surface area contributed by atoms with Crippen LogP contribution in [0.2, 0.25) is 0 Å². The fourth-order valence-corrected chi connectivity index (χ4v) is 5.03. The number of carbonyl (C=O) groups is 1. The first-order valence-corrected chi connectivity index (χ1v) is 12.4. The summed E-state index contributed by atoms with van der Waals surface area (Å²) in [6.45, 7) is 6.98. The van der Waals surface area contributed by atoms with Gasteiger partial charge in [0, 0.05) is 30.6 Å². The molecule has 1 amide bonds. The minimum Gasteiger partial charge on any atom is -0.492 e. The first-order chi connectivity index (χ1) is 17.6. The smallest absolute Gasteiger partial charge is 0.227 e. The largest absolute Gasteiger partial charge is 0.492 e. The van der Waals surface area contributed by atoms with Gasteiger partial charge in [0.1, 0.15) is 31.4 Å². The van der Waals surface area contributed by atoms with Crippen molar-refractivity contribution < 1.29 is 19.0 Å². The molecule has 1 unspecified atom stereocenters. The molecule has 3 heterocycles. The van der Waals surface area contributed by atoms with E-state index >= 15 is 0 Å². The number of benzene rings is 3. The van der Waals surface area contributed by atoms with Crippen LogP contribution in [-0.2, 0) is 11.3 Å². The molecule has 1 atom stereocenters.